The zero-order chi connectivity index (χ0) is 11.0. The summed E-state index contributed by atoms with van der Waals surface area (Å²) < 4.78 is 0. The van der Waals surface area contributed by atoms with Gasteiger partial charge in [-0.1, -0.05) is 13.8 Å². The summed E-state index contributed by atoms with van der Waals surface area (Å²) in [4.78, 5) is 2.18. The monoisotopic (exact) mass is 202 g/mol. The quantitative estimate of drug-likeness (QED) is 0.575. The Labute approximate surface area is 88.5 Å². The first-order valence-electron chi connectivity index (χ1n) is 5.55. The summed E-state index contributed by atoms with van der Waals surface area (Å²) in [5.41, 5.74) is 0. The van der Waals surface area contributed by atoms with Crippen molar-refractivity contribution in [2.24, 2.45) is 5.92 Å². The van der Waals surface area contributed by atoms with Crippen LogP contribution in [0.15, 0.2) is 0 Å². The van der Waals surface area contributed by atoms with Gasteiger partial charge in [-0.25, -0.2) is 0 Å². The number of rotatable bonds is 8. The normalized spacial score (nSPS) is 13.9. The number of aliphatic hydroxyl groups excluding tert-OH is 1. The van der Waals surface area contributed by atoms with E-state index in [0.29, 0.717) is 5.92 Å². The van der Waals surface area contributed by atoms with Crippen LogP contribution in [0.5, 0.6) is 0 Å². The fraction of sp³-hybridized carbons (Fsp3) is 1.00. The molecular formula is C11H26N2O. The second-order valence-electron chi connectivity index (χ2n) is 4.62. The van der Waals surface area contributed by atoms with E-state index in [1.165, 1.54) is 0 Å². The van der Waals surface area contributed by atoms with Crippen LogP contribution in [0.4, 0.5) is 0 Å². The van der Waals surface area contributed by atoms with E-state index in [4.69, 9.17) is 5.11 Å². The number of hydrogen-bond donors (Lipinski definition) is 2. The van der Waals surface area contributed by atoms with Gasteiger partial charge in [-0.05, 0) is 45.9 Å². The Morgan fingerprint density at radius 3 is 2.36 bits per heavy atom. The van der Waals surface area contributed by atoms with Gasteiger partial charge in [0.15, 0.2) is 0 Å². The molecule has 1 atom stereocenters. The van der Waals surface area contributed by atoms with E-state index >= 15 is 0 Å². The Bertz CT molecular complexity index is 126. The lowest BCUT2D eigenvalue weighted by Gasteiger charge is -2.18. The van der Waals surface area contributed by atoms with Gasteiger partial charge in [-0.3, -0.25) is 0 Å². The molecule has 1 unspecified atom stereocenters. The molecule has 0 bridgehead atoms. The van der Waals surface area contributed by atoms with Crippen LogP contribution in [0.3, 0.4) is 0 Å². The molecule has 0 saturated carbocycles. The fourth-order valence-electron chi connectivity index (χ4n) is 1.49. The second kappa shape index (κ2) is 8.21. The Morgan fingerprint density at radius 1 is 1.29 bits per heavy atom. The van der Waals surface area contributed by atoms with Crippen LogP contribution in [-0.2, 0) is 0 Å². The molecule has 0 rings (SSSR count). The van der Waals surface area contributed by atoms with Gasteiger partial charge < -0.3 is 15.3 Å². The molecule has 2 N–H and O–H groups in total. The number of aliphatic hydroxyl groups is 1. The first-order chi connectivity index (χ1) is 6.56. The van der Waals surface area contributed by atoms with Gasteiger partial charge >= 0.3 is 0 Å². The van der Waals surface area contributed by atoms with E-state index in [1.807, 2.05) is 0 Å². The van der Waals surface area contributed by atoms with E-state index in [9.17, 15) is 0 Å². The molecule has 0 aromatic rings. The summed E-state index contributed by atoms with van der Waals surface area (Å²) in [5, 5.41) is 12.5. The number of hydrogen-bond acceptors (Lipinski definition) is 3. The van der Waals surface area contributed by atoms with Gasteiger partial charge in [0, 0.05) is 6.04 Å². The van der Waals surface area contributed by atoms with Gasteiger partial charge in [0.1, 0.15) is 0 Å². The topological polar surface area (TPSA) is 35.5 Å². The van der Waals surface area contributed by atoms with Gasteiger partial charge in [0.05, 0.1) is 6.61 Å². The van der Waals surface area contributed by atoms with Crippen molar-refractivity contribution in [3.63, 3.8) is 0 Å². The van der Waals surface area contributed by atoms with Crippen LogP contribution in [0, 0.1) is 5.92 Å². The molecule has 0 aliphatic rings. The van der Waals surface area contributed by atoms with E-state index < -0.39 is 0 Å². The third kappa shape index (κ3) is 8.48. The average molecular weight is 202 g/mol. The van der Waals surface area contributed by atoms with Crippen LogP contribution < -0.4 is 5.32 Å². The number of nitrogens with zero attached hydrogens (tertiary/aromatic N) is 1. The van der Waals surface area contributed by atoms with Crippen molar-refractivity contribution in [1.82, 2.24) is 10.2 Å². The molecule has 0 aliphatic heterocycles. The minimum atomic E-state index is 0.250. The second-order valence-corrected chi connectivity index (χ2v) is 4.62. The maximum atomic E-state index is 9.11. The van der Waals surface area contributed by atoms with E-state index in [2.05, 4.69) is 38.2 Å². The molecular weight excluding hydrogens is 176 g/mol. The Kier molecular flexibility index (Phi) is 8.14. The van der Waals surface area contributed by atoms with Crippen molar-refractivity contribution < 1.29 is 5.11 Å². The zero-order valence-electron chi connectivity index (χ0n) is 10.1. The summed E-state index contributed by atoms with van der Waals surface area (Å²) in [6, 6.07) is 0.275. The van der Waals surface area contributed by atoms with Crippen LogP contribution in [0.25, 0.3) is 0 Å². The van der Waals surface area contributed by atoms with Crippen molar-refractivity contribution in [2.75, 3.05) is 33.8 Å². The van der Waals surface area contributed by atoms with Gasteiger partial charge in [0.2, 0.25) is 0 Å². The average Bonchev–Trinajstić information content (AvgIpc) is 2.09. The molecule has 86 valence electrons. The Morgan fingerprint density at radius 2 is 1.93 bits per heavy atom. The molecule has 0 aromatic heterocycles. The predicted octanol–water partition coefficient (Wildman–Crippen LogP) is 0.935. The highest BCUT2D eigenvalue weighted by Crippen LogP contribution is 2.03. The molecule has 0 spiro atoms. The van der Waals surface area contributed by atoms with Crippen LogP contribution in [0.1, 0.15) is 26.7 Å². The third-order valence-electron chi connectivity index (χ3n) is 2.19. The molecule has 0 heterocycles. The highest BCUT2D eigenvalue weighted by molar-refractivity contribution is 4.67. The van der Waals surface area contributed by atoms with E-state index in [-0.39, 0.29) is 12.6 Å². The summed E-state index contributed by atoms with van der Waals surface area (Å²) >= 11 is 0. The summed E-state index contributed by atoms with van der Waals surface area (Å²) in [6.07, 6.45) is 2.19. The van der Waals surface area contributed by atoms with Gasteiger partial charge in [0.25, 0.3) is 0 Å². The highest BCUT2D eigenvalue weighted by atomic mass is 16.3. The molecule has 3 heteroatoms. The minimum Gasteiger partial charge on any atom is -0.395 e. The first kappa shape index (κ1) is 13.9. The maximum Gasteiger partial charge on any atom is 0.0584 e. The van der Waals surface area contributed by atoms with E-state index in [1.54, 1.807) is 0 Å². The molecule has 0 fully saturated rings. The molecule has 0 amide bonds. The molecule has 14 heavy (non-hydrogen) atoms. The van der Waals surface area contributed by atoms with Crippen molar-refractivity contribution >= 4 is 0 Å². The van der Waals surface area contributed by atoms with Crippen molar-refractivity contribution in [1.29, 1.82) is 0 Å². The standard InChI is InChI=1S/C11H26N2O/c1-10(2)8-11(9-14)12-6-5-7-13(3)4/h10-12,14H,5-9H2,1-4H3. The SMILES string of the molecule is CC(C)CC(CO)NCCCN(C)C. The van der Waals surface area contributed by atoms with Gasteiger partial charge in [-0.15, -0.1) is 0 Å². The summed E-state index contributed by atoms with van der Waals surface area (Å²) in [6.45, 7) is 6.72. The molecule has 0 aliphatic carbocycles. The van der Waals surface area contributed by atoms with Crippen LogP contribution in [0.2, 0.25) is 0 Å². The molecule has 0 saturated heterocycles. The summed E-state index contributed by atoms with van der Waals surface area (Å²) in [5.74, 6) is 0.647. The summed E-state index contributed by atoms with van der Waals surface area (Å²) in [7, 11) is 4.16. The smallest absolute Gasteiger partial charge is 0.0584 e. The largest absolute Gasteiger partial charge is 0.395 e. The predicted molar refractivity (Wildman–Crippen MR) is 61.5 cm³/mol. The highest BCUT2D eigenvalue weighted by Gasteiger charge is 2.07. The van der Waals surface area contributed by atoms with Crippen molar-refractivity contribution in [2.45, 2.75) is 32.7 Å². The molecule has 0 radical (unpaired) electrons. The zero-order valence-corrected chi connectivity index (χ0v) is 10.1. The minimum absolute atomic E-state index is 0.250. The van der Waals surface area contributed by atoms with Gasteiger partial charge in [-0.2, -0.15) is 0 Å². The maximum absolute atomic E-state index is 9.11. The lowest BCUT2D eigenvalue weighted by atomic mass is 10.0. The van der Waals surface area contributed by atoms with Crippen LogP contribution in [-0.4, -0.2) is 49.8 Å². The van der Waals surface area contributed by atoms with Crippen LogP contribution >= 0.6 is 0 Å². The van der Waals surface area contributed by atoms with Crippen molar-refractivity contribution in [3.05, 3.63) is 0 Å². The lowest BCUT2D eigenvalue weighted by Crippen LogP contribution is -2.35. The molecule has 3 nitrogen and oxygen atoms in total. The lowest BCUT2D eigenvalue weighted by molar-refractivity contribution is 0.223. The number of nitrogens with one attached hydrogen (secondary N) is 1. The Balaban J connectivity index is 3.43. The third-order valence-corrected chi connectivity index (χ3v) is 2.19. The van der Waals surface area contributed by atoms with E-state index in [0.717, 1.165) is 25.9 Å². The first-order valence-corrected chi connectivity index (χ1v) is 5.55. The Hall–Kier alpha value is -0.120. The van der Waals surface area contributed by atoms with Crippen molar-refractivity contribution in [3.8, 4) is 0 Å². The fourth-order valence-corrected chi connectivity index (χ4v) is 1.49. The molecule has 0 aromatic carbocycles.